The molecule has 0 atom stereocenters. The number of aromatic nitrogens is 1. The number of nitrogens with one attached hydrogen (secondary N) is 5. The number of carbonyl (C=O) groups excluding carboxylic acids is 1. The number of unbranched alkanes of at least 4 members (excludes halogenated alkanes) is 2. The molecule has 9 nitrogen and oxygen atoms in total. The van der Waals surface area contributed by atoms with Crippen molar-refractivity contribution in [2.75, 3.05) is 37.3 Å². The molecular formula is C28H40N6O3S2. The van der Waals surface area contributed by atoms with Crippen LogP contribution < -0.4 is 26.0 Å². The van der Waals surface area contributed by atoms with E-state index in [0.29, 0.717) is 29.2 Å². The number of benzene rings is 2. The van der Waals surface area contributed by atoms with E-state index < -0.39 is 21.6 Å². The Morgan fingerprint density at radius 2 is 1.69 bits per heavy atom. The van der Waals surface area contributed by atoms with Crippen molar-refractivity contribution in [1.82, 2.24) is 20.3 Å². The van der Waals surface area contributed by atoms with Gasteiger partial charge in [-0.1, -0.05) is 25.8 Å². The average molecular weight is 573 g/mol. The average Bonchev–Trinajstić information content (AvgIpc) is 3.37. The molecule has 0 saturated carbocycles. The van der Waals surface area contributed by atoms with Crippen LogP contribution in [0.1, 0.15) is 47.0 Å². The second-order valence-electron chi connectivity index (χ2n) is 10.3. The highest BCUT2D eigenvalue weighted by Gasteiger charge is 2.26. The van der Waals surface area contributed by atoms with E-state index in [0.717, 1.165) is 29.2 Å². The van der Waals surface area contributed by atoms with Gasteiger partial charge in [0.15, 0.2) is 0 Å². The van der Waals surface area contributed by atoms with Gasteiger partial charge >= 0.3 is 6.03 Å². The fourth-order valence-electron chi connectivity index (χ4n) is 3.86. The van der Waals surface area contributed by atoms with Crippen molar-refractivity contribution >= 4 is 38.8 Å². The first-order chi connectivity index (χ1) is 18.5. The number of amides is 2. The molecule has 2 aromatic carbocycles. The Kier molecular flexibility index (Phi) is 10.9. The standard InChI is InChI=1S/C28H40N6O3S2/c1-6-7-8-15-30-16-17-31-27(35)33-22-13-14-23(25(18-22)39(36,37)34-28(2,3)4)24-19-32-26(38-24)20-9-11-21(29-5)12-10-20/h9-14,18-19,29-30,34H,6-8,15-17H2,1-5H3,(H2,31,33,35). The van der Waals surface area contributed by atoms with Crippen LogP contribution in [0.2, 0.25) is 0 Å². The van der Waals surface area contributed by atoms with E-state index >= 15 is 0 Å². The van der Waals surface area contributed by atoms with Gasteiger partial charge in [-0.15, -0.1) is 11.3 Å². The molecule has 2 amide bonds. The maximum Gasteiger partial charge on any atom is 0.319 e. The van der Waals surface area contributed by atoms with Crippen molar-refractivity contribution in [3.8, 4) is 21.0 Å². The molecular weight excluding hydrogens is 532 g/mol. The second-order valence-corrected chi connectivity index (χ2v) is 12.9. The van der Waals surface area contributed by atoms with Crippen molar-refractivity contribution < 1.29 is 13.2 Å². The fourth-order valence-corrected chi connectivity index (χ4v) is 6.55. The van der Waals surface area contributed by atoms with Gasteiger partial charge < -0.3 is 21.3 Å². The van der Waals surface area contributed by atoms with Crippen molar-refractivity contribution in [2.45, 2.75) is 57.4 Å². The summed E-state index contributed by atoms with van der Waals surface area (Å²) in [4.78, 5) is 17.8. The molecule has 5 N–H and O–H groups in total. The largest absolute Gasteiger partial charge is 0.388 e. The van der Waals surface area contributed by atoms with Crippen LogP contribution in [0.4, 0.5) is 16.2 Å². The summed E-state index contributed by atoms with van der Waals surface area (Å²) in [6.07, 6.45) is 5.14. The van der Waals surface area contributed by atoms with Crippen molar-refractivity contribution in [1.29, 1.82) is 0 Å². The van der Waals surface area contributed by atoms with Crippen LogP contribution in [0, 0.1) is 0 Å². The third kappa shape index (κ3) is 9.31. The highest BCUT2D eigenvalue weighted by atomic mass is 32.2. The number of hydrogen-bond acceptors (Lipinski definition) is 7. The molecule has 39 heavy (non-hydrogen) atoms. The molecule has 0 aliphatic carbocycles. The lowest BCUT2D eigenvalue weighted by Crippen LogP contribution is -2.40. The summed E-state index contributed by atoms with van der Waals surface area (Å²) in [6, 6.07) is 12.4. The molecule has 0 fully saturated rings. The molecule has 0 aliphatic rings. The summed E-state index contributed by atoms with van der Waals surface area (Å²) in [5.41, 5.74) is 2.15. The lowest BCUT2D eigenvalue weighted by atomic mass is 10.1. The van der Waals surface area contributed by atoms with E-state index in [9.17, 15) is 13.2 Å². The van der Waals surface area contributed by atoms with Gasteiger partial charge in [-0.25, -0.2) is 22.9 Å². The van der Waals surface area contributed by atoms with Gasteiger partial charge in [0.05, 0.1) is 9.77 Å². The van der Waals surface area contributed by atoms with Crippen LogP contribution in [0.5, 0.6) is 0 Å². The molecule has 212 valence electrons. The van der Waals surface area contributed by atoms with Gasteiger partial charge in [-0.3, -0.25) is 0 Å². The summed E-state index contributed by atoms with van der Waals surface area (Å²) in [7, 11) is -2.05. The van der Waals surface area contributed by atoms with Crippen LogP contribution in [0.25, 0.3) is 21.0 Å². The van der Waals surface area contributed by atoms with Crippen LogP contribution in [-0.4, -0.2) is 51.7 Å². The Morgan fingerprint density at radius 3 is 2.36 bits per heavy atom. The molecule has 0 saturated heterocycles. The number of nitrogens with zero attached hydrogens (tertiary/aromatic N) is 1. The maximum absolute atomic E-state index is 13.5. The fraction of sp³-hybridized carbons (Fsp3) is 0.429. The molecule has 0 bridgehead atoms. The predicted molar refractivity (Wildman–Crippen MR) is 162 cm³/mol. The minimum atomic E-state index is -3.91. The molecule has 0 unspecified atom stereocenters. The third-order valence-corrected chi connectivity index (χ3v) is 8.58. The number of rotatable bonds is 13. The second kappa shape index (κ2) is 13.9. The number of hydrogen-bond donors (Lipinski definition) is 5. The summed E-state index contributed by atoms with van der Waals surface area (Å²) >= 11 is 1.41. The minimum Gasteiger partial charge on any atom is -0.388 e. The van der Waals surface area contributed by atoms with Crippen LogP contribution >= 0.6 is 11.3 Å². The van der Waals surface area contributed by atoms with Crippen molar-refractivity contribution in [3.05, 3.63) is 48.7 Å². The maximum atomic E-state index is 13.5. The van der Waals surface area contributed by atoms with Gasteiger partial charge in [0, 0.05) is 54.4 Å². The Morgan fingerprint density at radius 1 is 0.974 bits per heavy atom. The van der Waals surface area contributed by atoms with Crippen LogP contribution in [-0.2, 0) is 10.0 Å². The molecule has 0 aliphatic heterocycles. The van der Waals surface area contributed by atoms with Gasteiger partial charge in [0.1, 0.15) is 5.01 Å². The first-order valence-corrected chi connectivity index (χ1v) is 15.5. The van der Waals surface area contributed by atoms with Crippen LogP contribution in [0.15, 0.2) is 53.6 Å². The molecule has 0 radical (unpaired) electrons. The van der Waals surface area contributed by atoms with E-state index in [4.69, 9.17) is 0 Å². The monoisotopic (exact) mass is 572 g/mol. The Hall–Kier alpha value is -2.99. The molecule has 11 heteroatoms. The molecule has 1 heterocycles. The predicted octanol–water partition coefficient (Wildman–Crippen LogP) is 5.50. The number of carbonyl (C=O) groups is 1. The smallest absolute Gasteiger partial charge is 0.319 e. The first-order valence-electron chi connectivity index (χ1n) is 13.2. The van der Waals surface area contributed by atoms with E-state index in [2.05, 4.69) is 37.9 Å². The Labute approximate surface area is 236 Å². The zero-order chi connectivity index (χ0) is 28.5. The van der Waals surface area contributed by atoms with Gasteiger partial charge in [-0.05, 0) is 70.1 Å². The minimum absolute atomic E-state index is 0.0774. The van der Waals surface area contributed by atoms with Gasteiger partial charge in [-0.2, -0.15) is 0 Å². The topological polar surface area (TPSA) is 124 Å². The Bertz CT molecular complexity index is 1330. The zero-order valence-electron chi connectivity index (χ0n) is 23.3. The SMILES string of the molecule is CCCCCNCCNC(=O)Nc1ccc(-c2cnc(-c3ccc(NC)cc3)s2)c(S(=O)(=O)NC(C)(C)C)c1. The van der Waals surface area contributed by atoms with E-state index in [1.807, 2.05) is 31.3 Å². The molecule has 1 aromatic heterocycles. The van der Waals surface area contributed by atoms with Crippen molar-refractivity contribution in [2.24, 2.45) is 0 Å². The number of urea groups is 1. The number of sulfonamides is 1. The molecule has 3 rings (SSSR count). The summed E-state index contributed by atoms with van der Waals surface area (Å²) in [5, 5.41) is 12.7. The van der Waals surface area contributed by atoms with Crippen molar-refractivity contribution in [3.63, 3.8) is 0 Å². The Balaban J connectivity index is 1.81. The molecule has 0 spiro atoms. The quantitative estimate of drug-likeness (QED) is 0.172. The number of anilines is 2. The third-order valence-electron chi connectivity index (χ3n) is 5.71. The van der Waals surface area contributed by atoms with Gasteiger partial charge in [0.25, 0.3) is 0 Å². The lowest BCUT2D eigenvalue weighted by Gasteiger charge is -2.22. The van der Waals surface area contributed by atoms with E-state index in [1.54, 1.807) is 39.1 Å². The van der Waals surface area contributed by atoms with E-state index in [1.165, 1.54) is 30.2 Å². The zero-order valence-corrected chi connectivity index (χ0v) is 25.0. The number of thiazole rings is 1. The van der Waals surface area contributed by atoms with Crippen LogP contribution in [0.3, 0.4) is 0 Å². The first kappa shape index (κ1) is 30.6. The summed E-state index contributed by atoms with van der Waals surface area (Å²) in [6.45, 7) is 9.57. The summed E-state index contributed by atoms with van der Waals surface area (Å²) in [5.74, 6) is 0. The molecule has 3 aromatic rings. The lowest BCUT2D eigenvalue weighted by molar-refractivity contribution is 0.252. The highest BCUT2D eigenvalue weighted by molar-refractivity contribution is 7.89. The van der Waals surface area contributed by atoms with E-state index in [-0.39, 0.29) is 4.90 Å². The van der Waals surface area contributed by atoms with Gasteiger partial charge in [0.2, 0.25) is 10.0 Å². The highest BCUT2D eigenvalue weighted by Crippen LogP contribution is 2.37. The normalized spacial score (nSPS) is 11.8. The summed E-state index contributed by atoms with van der Waals surface area (Å²) < 4.78 is 29.7.